The molecule has 1 aliphatic rings. The summed E-state index contributed by atoms with van der Waals surface area (Å²) in [5.41, 5.74) is 7.13. The monoisotopic (exact) mass is 219 g/mol. The van der Waals surface area contributed by atoms with Crippen molar-refractivity contribution in [3.63, 3.8) is 0 Å². The van der Waals surface area contributed by atoms with Crippen LogP contribution in [0.1, 0.15) is 6.92 Å². The lowest BCUT2D eigenvalue weighted by molar-refractivity contribution is 0.162. The van der Waals surface area contributed by atoms with E-state index in [1.54, 1.807) is 0 Å². The van der Waals surface area contributed by atoms with Gasteiger partial charge in [-0.1, -0.05) is 18.2 Å². The lowest BCUT2D eigenvalue weighted by Crippen LogP contribution is -2.58. The van der Waals surface area contributed by atoms with Gasteiger partial charge in [-0.15, -0.1) is 0 Å². The van der Waals surface area contributed by atoms with Gasteiger partial charge in [0.2, 0.25) is 0 Å². The molecule has 0 amide bonds. The molecule has 0 aromatic heterocycles. The predicted molar refractivity (Wildman–Crippen MR) is 68.7 cm³/mol. The Hall–Kier alpha value is -1.06. The van der Waals surface area contributed by atoms with E-state index in [0.717, 1.165) is 19.6 Å². The molecular formula is C13H21N3. The summed E-state index contributed by atoms with van der Waals surface area (Å²) in [5, 5.41) is 0. The van der Waals surface area contributed by atoms with E-state index in [4.69, 9.17) is 5.73 Å². The van der Waals surface area contributed by atoms with E-state index >= 15 is 0 Å². The average molecular weight is 219 g/mol. The van der Waals surface area contributed by atoms with Crippen LogP contribution in [-0.2, 0) is 0 Å². The molecule has 1 saturated heterocycles. The zero-order valence-electron chi connectivity index (χ0n) is 10.1. The highest BCUT2D eigenvalue weighted by Gasteiger charge is 2.28. The van der Waals surface area contributed by atoms with E-state index in [1.165, 1.54) is 5.69 Å². The van der Waals surface area contributed by atoms with Crippen molar-refractivity contribution in [1.29, 1.82) is 0 Å². The quantitative estimate of drug-likeness (QED) is 0.810. The Morgan fingerprint density at radius 1 is 1.25 bits per heavy atom. The first-order valence-electron chi connectivity index (χ1n) is 5.94. The van der Waals surface area contributed by atoms with Crippen molar-refractivity contribution in [1.82, 2.24) is 4.90 Å². The maximum atomic E-state index is 5.83. The van der Waals surface area contributed by atoms with E-state index in [2.05, 4.69) is 54.1 Å². The fourth-order valence-electron chi connectivity index (χ4n) is 2.36. The first-order valence-corrected chi connectivity index (χ1v) is 5.94. The summed E-state index contributed by atoms with van der Waals surface area (Å²) >= 11 is 0. The Labute approximate surface area is 97.8 Å². The molecule has 2 rings (SSSR count). The second-order valence-electron chi connectivity index (χ2n) is 4.64. The van der Waals surface area contributed by atoms with Crippen molar-refractivity contribution in [3.05, 3.63) is 30.3 Å². The maximum Gasteiger partial charge on any atom is 0.0394 e. The molecule has 3 nitrogen and oxygen atoms in total. The predicted octanol–water partition coefficient (Wildman–Crippen LogP) is 1.15. The van der Waals surface area contributed by atoms with Crippen molar-refractivity contribution in [3.8, 4) is 0 Å². The van der Waals surface area contributed by atoms with Gasteiger partial charge in [0.1, 0.15) is 0 Å². The van der Waals surface area contributed by atoms with Gasteiger partial charge in [-0.3, -0.25) is 4.90 Å². The standard InChI is InChI=1S/C13H21N3/c1-11-9-16(10-13(8-14)15(11)2)12-6-4-3-5-7-12/h3-7,11,13H,8-10,14H2,1-2H3. The molecule has 1 aromatic rings. The normalized spacial score (nSPS) is 27.1. The van der Waals surface area contributed by atoms with Crippen LogP contribution in [0, 0.1) is 0 Å². The summed E-state index contributed by atoms with van der Waals surface area (Å²) in [5.74, 6) is 0. The largest absolute Gasteiger partial charge is 0.368 e. The fourth-order valence-corrected chi connectivity index (χ4v) is 2.36. The second kappa shape index (κ2) is 4.85. The molecule has 2 N–H and O–H groups in total. The highest BCUT2D eigenvalue weighted by atomic mass is 15.3. The second-order valence-corrected chi connectivity index (χ2v) is 4.64. The molecule has 0 aliphatic carbocycles. The van der Waals surface area contributed by atoms with Crippen LogP contribution in [0.4, 0.5) is 5.69 Å². The van der Waals surface area contributed by atoms with E-state index in [0.29, 0.717) is 12.1 Å². The lowest BCUT2D eigenvalue weighted by atomic mass is 10.1. The first-order chi connectivity index (χ1) is 7.72. The van der Waals surface area contributed by atoms with Crippen molar-refractivity contribution >= 4 is 5.69 Å². The van der Waals surface area contributed by atoms with Crippen LogP contribution in [0.5, 0.6) is 0 Å². The third-order valence-electron chi connectivity index (χ3n) is 3.58. The van der Waals surface area contributed by atoms with Crippen LogP contribution < -0.4 is 10.6 Å². The highest BCUT2D eigenvalue weighted by molar-refractivity contribution is 5.46. The lowest BCUT2D eigenvalue weighted by Gasteiger charge is -2.44. The molecule has 1 aromatic carbocycles. The van der Waals surface area contributed by atoms with Crippen LogP contribution in [-0.4, -0.2) is 43.7 Å². The number of hydrogen-bond donors (Lipinski definition) is 1. The molecular weight excluding hydrogens is 198 g/mol. The van der Waals surface area contributed by atoms with Gasteiger partial charge in [0.25, 0.3) is 0 Å². The summed E-state index contributed by atoms with van der Waals surface area (Å²) in [6.07, 6.45) is 0. The number of hydrogen-bond acceptors (Lipinski definition) is 3. The minimum Gasteiger partial charge on any atom is -0.368 e. The van der Waals surface area contributed by atoms with Crippen LogP contribution in [0.25, 0.3) is 0 Å². The van der Waals surface area contributed by atoms with E-state index in [9.17, 15) is 0 Å². The summed E-state index contributed by atoms with van der Waals surface area (Å²) < 4.78 is 0. The Balaban J connectivity index is 2.13. The Morgan fingerprint density at radius 2 is 1.94 bits per heavy atom. The van der Waals surface area contributed by atoms with Crippen LogP contribution in [0.2, 0.25) is 0 Å². The van der Waals surface area contributed by atoms with Gasteiger partial charge in [0, 0.05) is 37.4 Å². The Morgan fingerprint density at radius 3 is 2.56 bits per heavy atom. The van der Waals surface area contributed by atoms with Crippen molar-refractivity contribution in [2.24, 2.45) is 5.73 Å². The molecule has 1 aliphatic heterocycles. The number of piperazine rings is 1. The van der Waals surface area contributed by atoms with Crippen LogP contribution >= 0.6 is 0 Å². The van der Waals surface area contributed by atoms with Crippen molar-refractivity contribution < 1.29 is 0 Å². The minimum absolute atomic E-state index is 0.462. The zero-order valence-corrected chi connectivity index (χ0v) is 10.1. The minimum atomic E-state index is 0.462. The van der Waals surface area contributed by atoms with E-state index in [1.807, 2.05) is 0 Å². The molecule has 0 saturated carbocycles. The Kier molecular flexibility index (Phi) is 3.46. The van der Waals surface area contributed by atoms with Gasteiger partial charge in [0.15, 0.2) is 0 Å². The molecule has 1 heterocycles. The van der Waals surface area contributed by atoms with Gasteiger partial charge in [-0.25, -0.2) is 0 Å². The Bertz CT molecular complexity index is 325. The average Bonchev–Trinajstić information content (AvgIpc) is 2.33. The number of rotatable bonds is 2. The number of benzene rings is 1. The molecule has 1 fully saturated rings. The number of anilines is 1. The number of para-hydroxylation sites is 1. The third-order valence-corrected chi connectivity index (χ3v) is 3.58. The molecule has 88 valence electrons. The van der Waals surface area contributed by atoms with Gasteiger partial charge in [-0.05, 0) is 26.1 Å². The summed E-state index contributed by atoms with van der Waals surface area (Å²) in [6, 6.07) is 11.6. The molecule has 2 atom stereocenters. The number of nitrogens with zero attached hydrogens (tertiary/aromatic N) is 2. The summed E-state index contributed by atoms with van der Waals surface area (Å²) in [4.78, 5) is 4.82. The molecule has 16 heavy (non-hydrogen) atoms. The number of nitrogens with two attached hydrogens (primary N) is 1. The topological polar surface area (TPSA) is 32.5 Å². The third kappa shape index (κ3) is 2.20. The molecule has 2 unspecified atom stereocenters. The smallest absolute Gasteiger partial charge is 0.0394 e. The van der Waals surface area contributed by atoms with E-state index < -0.39 is 0 Å². The van der Waals surface area contributed by atoms with Crippen molar-refractivity contribution in [2.45, 2.75) is 19.0 Å². The number of likely N-dealkylation sites (N-methyl/N-ethyl adjacent to an activating group) is 1. The first kappa shape index (κ1) is 11.4. The molecule has 3 heteroatoms. The van der Waals surface area contributed by atoms with E-state index in [-0.39, 0.29) is 0 Å². The van der Waals surface area contributed by atoms with Crippen molar-refractivity contribution in [2.75, 3.05) is 31.6 Å². The van der Waals surface area contributed by atoms with Gasteiger partial charge < -0.3 is 10.6 Å². The molecule has 0 spiro atoms. The summed E-state index contributed by atoms with van der Waals surface area (Å²) in [6.45, 7) is 5.10. The van der Waals surface area contributed by atoms with Crippen LogP contribution in [0.15, 0.2) is 30.3 Å². The fraction of sp³-hybridized carbons (Fsp3) is 0.538. The molecule has 0 radical (unpaired) electrons. The molecule has 0 bridgehead atoms. The highest BCUT2D eigenvalue weighted by Crippen LogP contribution is 2.20. The van der Waals surface area contributed by atoms with Crippen LogP contribution in [0.3, 0.4) is 0 Å². The SMILES string of the molecule is CC1CN(c2ccccc2)CC(CN)N1C. The van der Waals surface area contributed by atoms with Gasteiger partial charge in [0.05, 0.1) is 0 Å². The van der Waals surface area contributed by atoms with Gasteiger partial charge in [-0.2, -0.15) is 0 Å². The van der Waals surface area contributed by atoms with Gasteiger partial charge >= 0.3 is 0 Å². The zero-order chi connectivity index (χ0) is 11.5. The summed E-state index contributed by atoms with van der Waals surface area (Å²) in [7, 11) is 2.17. The maximum absolute atomic E-state index is 5.83.